The fourth-order valence-electron chi connectivity index (χ4n) is 1.26. The lowest BCUT2D eigenvalue weighted by molar-refractivity contribution is 0.566. The van der Waals surface area contributed by atoms with Crippen molar-refractivity contribution in [1.29, 1.82) is 0 Å². The predicted octanol–water partition coefficient (Wildman–Crippen LogP) is 1.89. The highest BCUT2D eigenvalue weighted by Crippen LogP contribution is 2.14. The highest BCUT2D eigenvalue weighted by molar-refractivity contribution is 7.89. The Balaban J connectivity index is 2.98. The van der Waals surface area contributed by atoms with Crippen molar-refractivity contribution in [2.24, 2.45) is 0 Å². The Hall–Kier alpha value is -0.940. The van der Waals surface area contributed by atoms with Gasteiger partial charge in [-0.2, -0.15) is 0 Å². The van der Waals surface area contributed by atoms with Gasteiger partial charge in [-0.15, -0.1) is 0 Å². The minimum Gasteiger partial charge on any atom is -0.243 e. The summed E-state index contributed by atoms with van der Waals surface area (Å²) in [6, 6.07) is 3.21. The molecule has 1 rings (SSSR count). The van der Waals surface area contributed by atoms with Gasteiger partial charge in [-0.3, -0.25) is 0 Å². The van der Waals surface area contributed by atoms with Crippen LogP contribution in [0, 0.1) is 0 Å². The Morgan fingerprint density at radius 3 is 2.19 bits per heavy atom. The Morgan fingerprint density at radius 1 is 1.19 bits per heavy atom. The van der Waals surface area contributed by atoms with Crippen molar-refractivity contribution in [3.8, 4) is 0 Å². The van der Waals surface area contributed by atoms with Gasteiger partial charge in [0.2, 0.25) is 0 Å². The van der Waals surface area contributed by atoms with Gasteiger partial charge >= 0.3 is 0 Å². The first kappa shape index (κ1) is 13.1. The minimum atomic E-state index is -3.46. The molecule has 1 heterocycles. The second-order valence-electron chi connectivity index (χ2n) is 4.36. The molecule has 1 aromatic heterocycles. The second-order valence-corrected chi connectivity index (χ2v) is 6.02. The van der Waals surface area contributed by atoms with Gasteiger partial charge in [-0.1, -0.05) is 19.9 Å². The molecule has 0 amide bonds. The van der Waals surface area contributed by atoms with Gasteiger partial charge in [0.05, 0.1) is 0 Å². The van der Waals surface area contributed by atoms with Crippen molar-refractivity contribution in [2.75, 3.05) is 0 Å². The van der Waals surface area contributed by atoms with Crippen molar-refractivity contribution in [2.45, 2.75) is 44.7 Å². The highest BCUT2D eigenvalue weighted by Gasteiger charge is 2.16. The third-order valence-electron chi connectivity index (χ3n) is 2.09. The monoisotopic (exact) mass is 242 g/mol. The maximum absolute atomic E-state index is 11.8. The van der Waals surface area contributed by atoms with E-state index in [2.05, 4.69) is 9.71 Å². The van der Waals surface area contributed by atoms with Crippen LogP contribution < -0.4 is 4.72 Å². The average molecular weight is 242 g/mol. The number of hydrogen-bond acceptors (Lipinski definition) is 3. The average Bonchev–Trinajstić information content (AvgIpc) is 2.16. The smallest absolute Gasteiger partial charge is 0.243 e. The van der Waals surface area contributed by atoms with Crippen LogP contribution in [0.15, 0.2) is 23.4 Å². The highest BCUT2D eigenvalue weighted by atomic mass is 32.2. The van der Waals surface area contributed by atoms with Crippen molar-refractivity contribution in [1.82, 2.24) is 9.71 Å². The summed E-state index contributed by atoms with van der Waals surface area (Å²) < 4.78 is 26.0. The first-order valence-corrected chi connectivity index (χ1v) is 6.79. The van der Waals surface area contributed by atoms with Crippen molar-refractivity contribution in [3.63, 3.8) is 0 Å². The standard InChI is InChI=1S/C11H18N2O2S/c1-8(2)10-5-6-11(12-7-10)16(14,15)13-9(3)4/h5-9,13H,1-4H3. The summed E-state index contributed by atoms with van der Waals surface area (Å²) in [5.41, 5.74) is 1.03. The number of nitrogens with zero attached hydrogens (tertiary/aromatic N) is 1. The number of hydrogen-bond donors (Lipinski definition) is 1. The lowest BCUT2D eigenvalue weighted by Gasteiger charge is -2.10. The molecule has 0 saturated carbocycles. The molecule has 1 N–H and O–H groups in total. The zero-order valence-electron chi connectivity index (χ0n) is 10.1. The molecular weight excluding hydrogens is 224 g/mol. The van der Waals surface area contributed by atoms with Gasteiger partial charge in [0.25, 0.3) is 10.0 Å². The summed E-state index contributed by atoms with van der Waals surface area (Å²) in [4.78, 5) is 3.97. The van der Waals surface area contributed by atoms with Crippen LogP contribution in [0.25, 0.3) is 0 Å². The first-order chi connectivity index (χ1) is 7.33. The summed E-state index contributed by atoms with van der Waals surface area (Å²) in [5.74, 6) is 0.349. The van der Waals surface area contributed by atoms with Crippen LogP contribution in [0.4, 0.5) is 0 Å². The molecule has 4 nitrogen and oxygen atoms in total. The Bertz CT molecular complexity index is 436. The molecular formula is C11H18N2O2S. The normalized spacial score (nSPS) is 12.4. The van der Waals surface area contributed by atoms with Gasteiger partial charge < -0.3 is 0 Å². The van der Waals surface area contributed by atoms with Gasteiger partial charge in [0, 0.05) is 12.2 Å². The Morgan fingerprint density at radius 2 is 1.81 bits per heavy atom. The van der Waals surface area contributed by atoms with E-state index in [9.17, 15) is 8.42 Å². The molecule has 0 bridgehead atoms. The number of rotatable bonds is 4. The fraction of sp³-hybridized carbons (Fsp3) is 0.545. The van der Waals surface area contributed by atoms with Gasteiger partial charge in [0.1, 0.15) is 0 Å². The Kier molecular flexibility index (Phi) is 4.04. The van der Waals surface area contributed by atoms with E-state index in [1.807, 2.05) is 13.8 Å². The molecule has 0 spiro atoms. The van der Waals surface area contributed by atoms with E-state index in [4.69, 9.17) is 0 Å². The van der Waals surface area contributed by atoms with E-state index < -0.39 is 10.0 Å². The van der Waals surface area contributed by atoms with E-state index in [1.54, 1.807) is 32.2 Å². The maximum atomic E-state index is 11.8. The van der Waals surface area contributed by atoms with Crippen molar-refractivity contribution in [3.05, 3.63) is 23.9 Å². The number of pyridine rings is 1. The lowest BCUT2D eigenvalue weighted by Crippen LogP contribution is -2.30. The molecule has 0 aliphatic heterocycles. The van der Waals surface area contributed by atoms with E-state index in [-0.39, 0.29) is 11.1 Å². The van der Waals surface area contributed by atoms with Crippen LogP contribution in [0.5, 0.6) is 0 Å². The maximum Gasteiger partial charge on any atom is 0.258 e. The molecule has 1 aromatic rings. The molecule has 0 radical (unpaired) electrons. The number of aromatic nitrogens is 1. The number of sulfonamides is 1. The van der Waals surface area contributed by atoms with Gasteiger partial charge in [-0.05, 0) is 31.4 Å². The third kappa shape index (κ3) is 3.28. The summed E-state index contributed by atoms with van der Waals surface area (Å²) in [6.07, 6.45) is 1.61. The van der Waals surface area contributed by atoms with Crippen LogP contribution in [-0.2, 0) is 10.0 Å². The zero-order valence-corrected chi connectivity index (χ0v) is 10.9. The minimum absolute atomic E-state index is 0.0746. The molecule has 0 saturated heterocycles. The van der Waals surface area contributed by atoms with E-state index >= 15 is 0 Å². The topological polar surface area (TPSA) is 59.1 Å². The molecule has 0 fully saturated rings. The van der Waals surface area contributed by atoms with E-state index in [1.165, 1.54) is 0 Å². The SMILES string of the molecule is CC(C)NS(=O)(=O)c1ccc(C(C)C)cn1. The molecule has 0 aliphatic rings. The molecule has 90 valence electrons. The zero-order chi connectivity index (χ0) is 12.3. The summed E-state index contributed by atoms with van der Waals surface area (Å²) in [5, 5.41) is 0.0746. The molecule has 16 heavy (non-hydrogen) atoms. The van der Waals surface area contributed by atoms with Gasteiger partial charge in [-0.25, -0.2) is 18.1 Å². The largest absolute Gasteiger partial charge is 0.258 e. The van der Waals surface area contributed by atoms with Gasteiger partial charge in [0.15, 0.2) is 5.03 Å². The quantitative estimate of drug-likeness (QED) is 0.877. The van der Waals surface area contributed by atoms with Crippen LogP contribution in [0.3, 0.4) is 0 Å². The fourth-order valence-corrected chi connectivity index (χ4v) is 2.44. The van der Waals surface area contributed by atoms with Crippen LogP contribution in [0.2, 0.25) is 0 Å². The summed E-state index contributed by atoms with van der Waals surface area (Å²) in [7, 11) is -3.46. The summed E-state index contributed by atoms with van der Waals surface area (Å²) >= 11 is 0. The summed E-state index contributed by atoms with van der Waals surface area (Å²) in [6.45, 7) is 7.63. The lowest BCUT2D eigenvalue weighted by atomic mass is 10.1. The van der Waals surface area contributed by atoms with Crippen LogP contribution in [-0.4, -0.2) is 19.4 Å². The molecule has 0 atom stereocenters. The van der Waals surface area contributed by atoms with E-state index in [0.29, 0.717) is 5.92 Å². The van der Waals surface area contributed by atoms with Crippen LogP contribution in [0.1, 0.15) is 39.2 Å². The first-order valence-electron chi connectivity index (χ1n) is 5.31. The molecule has 5 heteroatoms. The van der Waals surface area contributed by atoms with E-state index in [0.717, 1.165) is 5.56 Å². The Labute approximate surface area is 97.2 Å². The molecule has 0 aromatic carbocycles. The number of nitrogens with one attached hydrogen (secondary N) is 1. The predicted molar refractivity (Wildman–Crippen MR) is 63.8 cm³/mol. The van der Waals surface area contributed by atoms with Crippen molar-refractivity contribution < 1.29 is 8.42 Å². The molecule has 0 aliphatic carbocycles. The molecule has 0 unspecified atom stereocenters. The van der Waals surface area contributed by atoms with Crippen molar-refractivity contribution >= 4 is 10.0 Å². The third-order valence-corrected chi connectivity index (χ3v) is 3.67. The second kappa shape index (κ2) is 4.93. The van der Waals surface area contributed by atoms with Crippen LogP contribution >= 0.6 is 0 Å².